The lowest BCUT2D eigenvalue weighted by atomic mass is 9.95. The molecule has 1 unspecified atom stereocenters. The minimum absolute atomic E-state index is 0.130. The summed E-state index contributed by atoms with van der Waals surface area (Å²) in [6.07, 6.45) is 14.8. The zero-order valence-corrected chi connectivity index (χ0v) is 20.5. The van der Waals surface area contributed by atoms with Gasteiger partial charge < -0.3 is 14.5 Å². The number of hydrogen-bond acceptors (Lipinski definition) is 8. The smallest absolute Gasteiger partial charge is 0.306 e. The molecule has 0 amide bonds. The van der Waals surface area contributed by atoms with Gasteiger partial charge in [0, 0.05) is 31.4 Å². The molecule has 0 saturated carbocycles. The fraction of sp³-hybridized carbons (Fsp3) is 0.240. The number of oxazole rings is 1. The highest BCUT2D eigenvalue weighted by atomic mass is 32.2. The lowest BCUT2D eigenvalue weighted by Crippen LogP contribution is -2.26. The SMILES string of the molecule is COc1ccc(S(=O)(=O)NCCCNc2nccc(-c3c(C4C=CC=CC4)nc4occn34)n2)cc1. The Morgan fingerprint density at radius 3 is 2.78 bits per heavy atom. The van der Waals surface area contributed by atoms with Crippen LogP contribution in [0, 0.1) is 0 Å². The van der Waals surface area contributed by atoms with E-state index in [0.717, 1.165) is 23.5 Å². The number of methoxy groups -OCH3 is 1. The van der Waals surface area contributed by atoms with E-state index in [2.05, 4.69) is 27.2 Å². The first kappa shape index (κ1) is 23.8. The minimum atomic E-state index is -3.59. The van der Waals surface area contributed by atoms with Crippen LogP contribution < -0.4 is 14.8 Å². The Labute approximate surface area is 208 Å². The summed E-state index contributed by atoms with van der Waals surface area (Å²) in [5.74, 6) is 1.70. The lowest BCUT2D eigenvalue weighted by molar-refractivity contribution is 0.414. The second-order valence-corrected chi connectivity index (χ2v) is 9.94. The van der Waals surface area contributed by atoms with Crippen molar-refractivity contribution in [1.82, 2.24) is 24.1 Å². The van der Waals surface area contributed by atoms with E-state index in [1.807, 2.05) is 28.8 Å². The highest BCUT2D eigenvalue weighted by Crippen LogP contribution is 2.33. The maximum Gasteiger partial charge on any atom is 0.306 e. The quantitative estimate of drug-likeness (QED) is 0.312. The molecule has 1 atom stereocenters. The van der Waals surface area contributed by atoms with E-state index < -0.39 is 10.0 Å². The summed E-state index contributed by atoms with van der Waals surface area (Å²) in [4.78, 5) is 13.9. The number of fused-ring (bicyclic) bond motifs is 1. The third-order valence-corrected chi connectivity index (χ3v) is 7.29. The number of benzene rings is 1. The summed E-state index contributed by atoms with van der Waals surface area (Å²) in [5.41, 5.74) is 2.48. The average Bonchev–Trinajstić information content (AvgIpc) is 3.51. The van der Waals surface area contributed by atoms with Gasteiger partial charge in [0.15, 0.2) is 0 Å². The van der Waals surface area contributed by atoms with Crippen molar-refractivity contribution in [2.24, 2.45) is 0 Å². The molecule has 0 radical (unpaired) electrons. The van der Waals surface area contributed by atoms with Gasteiger partial charge in [-0.15, -0.1) is 0 Å². The van der Waals surface area contributed by atoms with E-state index in [1.54, 1.807) is 24.6 Å². The number of nitrogens with zero attached hydrogens (tertiary/aromatic N) is 4. The Hall–Kier alpha value is -3.96. The van der Waals surface area contributed by atoms with Crippen LogP contribution in [0.3, 0.4) is 0 Å². The highest BCUT2D eigenvalue weighted by Gasteiger charge is 2.23. The third kappa shape index (κ3) is 5.02. The summed E-state index contributed by atoms with van der Waals surface area (Å²) < 4.78 is 40.0. The Morgan fingerprint density at radius 1 is 1.14 bits per heavy atom. The topological polar surface area (TPSA) is 124 Å². The van der Waals surface area contributed by atoms with Gasteiger partial charge in [0.05, 0.1) is 29.1 Å². The molecule has 3 heterocycles. The van der Waals surface area contributed by atoms with E-state index in [1.165, 1.54) is 19.2 Å². The standard InChI is InChI=1S/C25H26N6O4S/c1-34-19-8-10-20(11-9-19)36(32,33)28-14-5-13-26-24-27-15-12-21(29-24)23-22(18-6-3-2-4-7-18)30-25-31(23)16-17-35-25/h2-4,6,8-12,15-18,28H,5,7,13-14H2,1H3,(H,26,27,29). The first-order chi connectivity index (χ1) is 17.5. The van der Waals surface area contributed by atoms with E-state index in [0.29, 0.717) is 30.5 Å². The molecule has 2 N–H and O–H groups in total. The molecular weight excluding hydrogens is 480 g/mol. The molecular formula is C25H26N6O4S. The monoisotopic (exact) mass is 506 g/mol. The summed E-state index contributed by atoms with van der Waals surface area (Å²) in [6.45, 7) is 0.760. The number of allylic oxidation sites excluding steroid dienone is 4. The van der Waals surface area contributed by atoms with Gasteiger partial charge in [0.25, 0.3) is 0 Å². The van der Waals surface area contributed by atoms with Crippen LogP contribution in [-0.2, 0) is 10.0 Å². The molecule has 0 saturated heterocycles. The number of sulfonamides is 1. The lowest BCUT2D eigenvalue weighted by Gasteiger charge is -2.13. The fourth-order valence-corrected chi connectivity index (χ4v) is 5.08. The van der Waals surface area contributed by atoms with E-state index in [9.17, 15) is 8.42 Å². The average molecular weight is 507 g/mol. The van der Waals surface area contributed by atoms with E-state index >= 15 is 0 Å². The maximum atomic E-state index is 12.5. The molecule has 36 heavy (non-hydrogen) atoms. The first-order valence-electron chi connectivity index (χ1n) is 11.5. The van der Waals surface area contributed by atoms with Crippen LogP contribution in [0.5, 0.6) is 5.75 Å². The van der Waals surface area contributed by atoms with Crippen LogP contribution in [0.2, 0.25) is 0 Å². The molecule has 0 bridgehead atoms. The third-order valence-electron chi connectivity index (χ3n) is 5.82. The molecule has 186 valence electrons. The number of imidazole rings is 1. The second kappa shape index (κ2) is 10.3. The Balaban J connectivity index is 1.23. The van der Waals surface area contributed by atoms with Crippen molar-refractivity contribution >= 4 is 21.8 Å². The van der Waals surface area contributed by atoms with E-state index in [4.69, 9.17) is 19.1 Å². The van der Waals surface area contributed by atoms with Crippen LogP contribution in [0.15, 0.2) is 82.6 Å². The van der Waals surface area contributed by atoms with Crippen LogP contribution in [0.1, 0.15) is 24.5 Å². The Kier molecular flexibility index (Phi) is 6.83. The Morgan fingerprint density at radius 2 is 2.00 bits per heavy atom. The van der Waals surface area contributed by atoms with Crippen LogP contribution in [0.25, 0.3) is 17.2 Å². The Bertz CT molecular complexity index is 1510. The molecule has 1 aliphatic carbocycles. The van der Waals surface area contributed by atoms with Crippen molar-refractivity contribution in [3.8, 4) is 17.1 Å². The van der Waals surface area contributed by atoms with Crippen molar-refractivity contribution < 1.29 is 17.6 Å². The number of hydrogen-bond donors (Lipinski definition) is 2. The number of ether oxygens (including phenoxy) is 1. The van der Waals surface area contributed by atoms with Crippen LogP contribution in [-0.4, -0.2) is 48.0 Å². The van der Waals surface area contributed by atoms with Gasteiger partial charge >= 0.3 is 5.84 Å². The van der Waals surface area contributed by atoms with Gasteiger partial charge in [0.1, 0.15) is 12.0 Å². The van der Waals surface area contributed by atoms with E-state index in [-0.39, 0.29) is 17.4 Å². The van der Waals surface area contributed by atoms with Crippen LogP contribution in [0.4, 0.5) is 5.95 Å². The van der Waals surface area contributed by atoms with Crippen LogP contribution >= 0.6 is 0 Å². The molecule has 11 heteroatoms. The number of nitrogens with one attached hydrogen (secondary N) is 2. The molecule has 10 nitrogen and oxygen atoms in total. The number of rotatable bonds is 10. The van der Waals surface area contributed by atoms with Crippen molar-refractivity contribution in [2.75, 3.05) is 25.5 Å². The zero-order chi connectivity index (χ0) is 25.0. The minimum Gasteiger partial charge on any atom is -0.497 e. The second-order valence-electron chi connectivity index (χ2n) is 8.18. The van der Waals surface area contributed by atoms with Gasteiger partial charge in [-0.05, 0) is 43.2 Å². The molecule has 0 fully saturated rings. The maximum absolute atomic E-state index is 12.5. The number of aromatic nitrogens is 4. The molecule has 1 aliphatic rings. The molecule has 5 rings (SSSR count). The number of anilines is 1. The molecule has 0 spiro atoms. The van der Waals surface area contributed by atoms with Gasteiger partial charge in [-0.3, -0.25) is 4.40 Å². The van der Waals surface area contributed by atoms with Crippen molar-refractivity contribution in [3.63, 3.8) is 0 Å². The predicted octanol–water partition coefficient (Wildman–Crippen LogP) is 3.77. The normalized spacial score (nSPS) is 15.4. The largest absolute Gasteiger partial charge is 0.497 e. The summed E-state index contributed by atoms with van der Waals surface area (Å²) in [5, 5.41) is 3.18. The van der Waals surface area contributed by atoms with Crippen molar-refractivity contribution in [1.29, 1.82) is 0 Å². The molecule has 4 aromatic rings. The first-order valence-corrected chi connectivity index (χ1v) is 13.0. The summed E-state index contributed by atoms with van der Waals surface area (Å²) in [6, 6.07) is 8.10. The van der Waals surface area contributed by atoms with Crippen molar-refractivity contribution in [2.45, 2.75) is 23.7 Å². The summed E-state index contributed by atoms with van der Waals surface area (Å²) >= 11 is 0. The fourth-order valence-electron chi connectivity index (χ4n) is 4.01. The zero-order valence-electron chi connectivity index (χ0n) is 19.7. The predicted molar refractivity (Wildman–Crippen MR) is 135 cm³/mol. The van der Waals surface area contributed by atoms with Gasteiger partial charge in [-0.1, -0.05) is 24.3 Å². The summed E-state index contributed by atoms with van der Waals surface area (Å²) in [7, 11) is -2.06. The van der Waals surface area contributed by atoms with Gasteiger partial charge in [-0.25, -0.2) is 23.1 Å². The highest BCUT2D eigenvalue weighted by molar-refractivity contribution is 7.89. The molecule has 3 aromatic heterocycles. The molecule has 0 aliphatic heterocycles. The molecule has 1 aromatic carbocycles. The van der Waals surface area contributed by atoms with Gasteiger partial charge in [-0.2, -0.15) is 4.98 Å². The van der Waals surface area contributed by atoms with Gasteiger partial charge in [0.2, 0.25) is 16.0 Å². The van der Waals surface area contributed by atoms with Crippen molar-refractivity contribution in [3.05, 3.63) is 79.0 Å².